The van der Waals surface area contributed by atoms with Gasteiger partial charge in [-0.25, -0.2) is 4.98 Å². The molecular formula is C12H13BrN4OS. The Morgan fingerprint density at radius 2 is 2.47 bits per heavy atom. The van der Waals surface area contributed by atoms with Crippen LogP contribution in [0.5, 0.6) is 0 Å². The molecule has 5 nitrogen and oxygen atoms in total. The summed E-state index contributed by atoms with van der Waals surface area (Å²) in [6, 6.07) is 1.93. The highest BCUT2D eigenvalue weighted by molar-refractivity contribution is 9.10. The Hall–Kier alpha value is -1.34. The van der Waals surface area contributed by atoms with Crippen molar-refractivity contribution in [3.05, 3.63) is 33.0 Å². The number of H-pyrrole nitrogens is 1. The molecule has 1 atom stereocenters. The number of anilines is 1. The van der Waals surface area contributed by atoms with Gasteiger partial charge in [0.2, 0.25) is 0 Å². The first-order valence-corrected chi connectivity index (χ1v) is 7.61. The number of hydrogen-bond acceptors (Lipinski definition) is 4. The number of aromatic amines is 1. The second kappa shape index (κ2) is 4.97. The minimum atomic E-state index is -0.0726. The van der Waals surface area contributed by atoms with Gasteiger partial charge in [-0.05, 0) is 34.8 Å². The average molecular weight is 341 g/mol. The van der Waals surface area contributed by atoms with E-state index < -0.39 is 0 Å². The normalized spacial score (nSPS) is 18.1. The zero-order valence-electron chi connectivity index (χ0n) is 10.1. The SMILES string of the molecule is Nc1nc2c(s1)CC(NC(=O)c1cc(Br)c[nH]1)CC2. The molecule has 100 valence electrons. The highest BCUT2D eigenvalue weighted by Gasteiger charge is 2.24. The van der Waals surface area contributed by atoms with Crippen molar-refractivity contribution in [2.24, 2.45) is 0 Å². The van der Waals surface area contributed by atoms with Gasteiger partial charge >= 0.3 is 0 Å². The van der Waals surface area contributed by atoms with E-state index in [-0.39, 0.29) is 11.9 Å². The summed E-state index contributed by atoms with van der Waals surface area (Å²) in [4.78, 5) is 20.5. The van der Waals surface area contributed by atoms with Gasteiger partial charge in [0.25, 0.3) is 5.91 Å². The number of aryl methyl sites for hydroxylation is 1. The third-order valence-corrected chi connectivity index (χ3v) is 4.59. The van der Waals surface area contributed by atoms with Crippen LogP contribution in [-0.2, 0) is 12.8 Å². The van der Waals surface area contributed by atoms with E-state index in [9.17, 15) is 4.79 Å². The van der Waals surface area contributed by atoms with Crippen molar-refractivity contribution in [1.82, 2.24) is 15.3 Å². The Labute approximate surface area is 122 Å². The van der Waals surface area contributed by atoms with Crippen LogP contribution in [0.2, 0.25) is 0 Å². The van der Waals surface area contributed by atoms with Crippen molar-refractivity contribution in [1.29, 1.82) is 0 Å². The van der Waals surface area contributed by atoms with Crippen molar-refractivity contribution >= 4 is 38.3 Å². The van der Waals surface area contributed by atoms with E-state index in [4.69, 9.17) is 5.73 Å². The van der Waals surface area contributed by atoms with E-state index in [2.05, 4.69) is 31.2 Å². The summed E-state index contributed by atoms with van der Waals surface area (Å²) in [6.45, 7) is 0. The summed E-state index contributed by atoms with van der Waals surface area (Å²) < 4.78 is 0.874. The number of rotatable bonds is 2. The molecular weight excluding hydrogens is 328 g/mol. The Morgan fingerprint density at radius 3 is 3.21 bits per heavy atom. The van der Waals surface area contributed by atoms with Crippen LogP contribution < -0.4 is 11.1 Å². The molecule has 19 heavy (non-hydrogen) atoms. The summed E-state index contributed by atoms with van der Waals surface area (Å²) in [6.07, 6.45) is 4.35. The van der Waals surface area contributed by atoms with Gasteiger partial charge in [-0.3, -0.25) is 4.79 Å². The Bertz CT molecular complexity index is 621. The molecule has 0 radical (unpaired) electrons. The molecule has 2 aromatic rings. The molecule has 0 saturated carbocycles. The molecule has 2 heterocycles. The number of halogens is 1. The molecule has 2 aromatic heterocycles. The molecule has 3 rings (SSSR count). The number of hydrogen-bond donors (Lipinski definition) is 3. The van der Waals surface area contributed by atoms with E-state index in [1.165, 1.54) is 16.2 Å². The first kappa shape index (κ1) is 12.7. The lowest BCUT2D eigenvalue weighted by Gasteiger charge is -2.22. The number of nitrogens with zero attached hydrogens (tertiary/aromatic N) is 1. The van der Waals surface area contributed by atoms with Gasteiger partial charge in [-0.2, -0.15) is 0 Å². The summed E-state index contributed by atoms with van der Waals surface area (Å²) in [5, 5.41) is 3.66. The van der Waals surface area contributed by atoms with Crippen LogP contribution in [0.3, 0.4) is 0 Å². The molecule has 4 N–H and O–H groups in total. The number of nitrogens with two attached hydrogens (primary N) is 1. The number of nitrogens with one attached hydrogen (secondary N) is 2. The number of carbonyl (C=O) groups is 1. The van der Waals surface area contributed by atoms with Gasteiger partial charge in [-0.1, -0.05) is 0 Å². The molecule has 1 amide bonds. The monoisotopic (exact) mass is 340 g/mol. The summed E-state index contributed by atoms with van der Waals surface area (Å²) in [7, 11) is 0. The molecule has 1 aliphatic rings. The van der Waals surface area contributed by atoms with Gasteiger partial charge in [-0.15, -0.1) is 11.3 Å². The van der Waals surface area contributed by atoms with Crippen LogP contribution in [0.25, 0.3) is 0 Å². The molecule has 0 fully saturated rings. The molecule has 1 unspecified atom stereocenters. The van der Waals surface area contributed by atoms with E-state index in [0.717, 1.165) is 29.4 Å². The number of amides is 1. The third kappa shape index (κ3) is 2.66. The number of nitrogen functional groups attached to an aromatic ring is 1. The summed E-state index contributed by atoms with van der Waals surface area (Å²) in [5.41, 5.74) is 7.37. The fraction of sp³-hybridized carbons (Fsp3) is 0.333. The van der Waals surface area contributed by atoms with Crippen molar-refractivity contribution in [2.45, 2.75) is 25.3 Å². The molecule has 0 spiro atoms. The highest BCUT2D eigenvalue weighted by atomic mass is 79.9. The number of aromatic nitrogens is 2. The second-order valence-corrected chi connectivity index (χ2v) is 6.60. The molecule has 1 aliphatic carbocycles. The maximum absolute atomic E-state index is 12.0. The maximum Gasteiger partial charge on any atom is 0.267 e. The lowest BCUT2D eigenvalue weighted by atomic mass is 9.97. The highest BCUT2D eigenvalue weighted by Crippen LogP contribution is 2.28. The largest absolute Gasteiger partial charge is 0.375 e. The summed E-state index contributed by atoms with van der Waals surface area (Å²) in [5.74, 6) is -0.0726. The van der Waals surface area contributed by atoms with Crippen LogP contribution in [0.15, 0.2) is 16.7 Å². The van der Waals surface area contributed by atoms with E-state index in [0.29, 0.717) is 10.8 Å². The van der Waals surface area contributed by atoms with Crippen LogP contribution in [0.4, 0.5) is 5.13 Å². The average Bonchev–Trinajstić information content (AvgIpc) is 2.93. The zero-order chi connectivity index (χ0) is 13.4. The Morgan fingerprint density at radius 1 is 1.63 bits per heavy atom. The van der Waals surface area contributed by atoms with Gasteiger partial charge in [0.05, 0.1) is 5.69 Å². The lowest BCUT2D eigenvalue weighted by molar-refractivity contribution is 0.0929. The minimum absolute atomic E-state index is 0.0726. The lowest BCUT2D eigenvalue weighted by Crippen LogP contribution is -2.38. The predicted molar refractivity (Wildman–Crippen MR) is 78.3 cm³/mol. The molecule has 0 aliphatic heterocycles. The fourth-order valence-electron chi connectivity index (χ4n) is 2.28. The first-order chi connectivity index (χ1) is 9.11. The second-order valence-electron chi connectivity index (χ2n) is 4.57. The van der Waals surface area contributed by atoms with Crippen LogP contribution in [0, 0.1) is 0 Å². The molecule has 0 bridgehead atoms. The number of thiazole rings is 1. The number of carbonyl (C=O) groups excluding carboxylic acids is 1. The molecule has 7 heteroatoms. The van der Waals surface area contributed by atoms with Crippen LogP contribution >= 0.6 is 27.3 Å². The van der Waals surface area contributed by atoms with Gasteiger partial charge in [0, 0.05) is 28.0 Å². The standard InChI is InChI=1S/C12H13BrN4OS/c13-6-3-9(15-5-6)11(18)16-7-1-2-8-10(4-7)19-12(14)17-8/h3,5,7,15H,1-2,4H2,(H2,14,17)(H,16,18). The van der Waals surface area contributed by atoms with Gasteiger partial charge in [0.15, 0.2) is 5.13 Å². The quantitative estimate of drug-likeness (QED) is 0.782. The maximum atomic E-state index is 12.0. The molecule has 0 saturated heterocycles. The van der Waals surface area contributed by atoms with Gasteiger partial charge in [0.1, 0.15) is 5.69 Å². The van der Waals surface area contributed by atoms with Crippen molar-refractivity contribution in [3.8, 4) is 0 Å². The Kier molecular flexibility index (Phi) is 3.32. The first-order valence-electron chi connectivity index (χ1n) is 6.00. The molecule has 0 aromatic carbocycles. The van der Waals surface area contributed by atoms with Crippen molar-refractivity contribution in [2.75, 3.05) is 5.73 Å². The van der Waals surface area contributed by atoms with Crippen molar-refractivity contribution < 1.29 is 4.79 Å². The number of fused-ring (bicyclic) bond motifs is 1. The van der Waals surface area contributed by atoms with Crippen LogP contribution in [0.1, 0.15) is 27.5 Å². The van der Waals surface area contributed by atoms with E-state index in [1.54, 1.807) is 12.3 Å². The minimum Gasteiger partial charge on any atom is -0.375 e. The fourth-order valence-corrected chi connectivity index (χ4v) is 3.58. The third-order valence-electron chi connectivity index (χ3n) is 3.18. The van der Waals surface area contributed by atoms with Gasteiger partial charge < -0.3 is 16.0 Å². The predicted octanol–water partition coefficient (Wildman–Crippen LogP) is 2.10. The zero-order valence-corrected chi connectivity index (χ0v) is 12.5. The van der Waals surface area contributed by atoms with E-state index >= 15 is 0 Å². The summed E-state index contributed by atoms with van der Waals surface area (Å²) >= 11 is 4.84. The smallest absolute Gasteiger partial charge is 0.267 e. The van der Waals surface area contributed by atoms with E-state index in [1.807, 2.05) is 0 Å². The Balaban J connectivity index is 1.67. The van der Waals surface area contributed by atoms with Crippen LogP contribution in [-0.4, -0.2) is 21.9 Å². The topological polar surface area (TPSA) is 83.8 Å². The van der Waals surface area contributed by atoms with Crippen molar-refractivity contribution in [3.63, 3.8) is 0 Å².